The number of nitrogens with zero attached hydrogens (tertiary/aromatic N) is 1. The standard InChI is InChI=1S/C14H28N2O/c1-2-17-14-6-8-16(9-7-14)11-13-5-3-4-12(13)10-15/h12-14H,2-11,15H2,1H3. The van der Waals surface area contributed by atoms with Crippen LogP contribution >= 0.6 is 0 Å². The molecule has 1 aliphatic carbocycles. The SMILES string of the molecule is CCOC1CCN(CC2CCCC2CN)CC1. The van der Waals surface area contributed by atoms with Crippen molar-refractivity contribution in [2.45, 2.75) is 45.1 Å². The molecule has 1 saturated heterocycles. The average Bonchev–Trinajstić information content (AvgIpc) is 2.79. The first-order valence-electron chi connectivity index (χ1n) is 7.37. The van der Waals surface area contributed by atoms with Crippen molar-refractivity contribution in [3.8, 4) is 0 Å². The fourth-order valence-electron chi connectivity index (χ4n) is 3.49. The third-order valence-electron chi connectivity index (χ3n) is 4.55. The zero-order valence-corrected chi connectivity index (χ0v) is 11.2. The minimum Gasteiger partial charge on any atom is -0.378 e. The van der Waals surface area contributed by atoms with Crippen molar-refractivity contribution < 1.29 is 4.74 Å². The summed E-state index contributed by atoms with van der Waals surface area (Å²) >= 11 is 0. The Morgan fingerprint density at radius 1 is 1.12 bits per heavy atom. The fraction of sp³-hybridized carbons (Fsp3) is 1.00. The first-order valence-corrected chi connectivity index (χ1v) is 7.37. The minimum absolute atomic E-state index is 0.519. The van der Waals surface area contributed by atoms with Crippen LogP contribution < -0.4 is 5.73 Å². The van der Waals surface area contributed by atoms with E-state index in [1.165, 1.54) is 51.7 Å². The summed E-state index contributed by atoms with van der Waals surface area (Å²) in [5.74, 6) is 1.66. The van der Waals surface area contributed by atoms with Gasteiger partial charge in [-0.05, 0) is 51.0 Å². The van der Waals surface area contributed by atoms with E-state index in [2.05, 4.69) is 11.8 Å². The third kappa shape index (κ3) is 3.67. The molecule has 0 aromatic heterocycles. The predicted molar refractivity (Wildman–Crippen MR) is 71.0 cm³/mol. The van der Waals surface area contributed by atoms with Crippen molar-refractivity contribution in [1.82, 2.24) is 4.90 Å². The molecule has 0 amide bonds. The first-order chi connectivity index (χ1) is 8.33. The molecule has 2 fully saturated rings. The molecule has 3 heteroatoms. The van der Waals surface area contributed by atoms with Crippen LogP contribution in [0.3, 0.4) is 0 Å². The highest BCUT2D eigenvalue weighted by molar-refractivity contribution is 4.82. The fourth-order valence-corrected chi connectivity index (χ4v) is 3.49. The molecule has 0 radical (unpaired) electrons. The lowest BCUT2D eigenvalue weighted by atomic mass is 9.94. The molecule has 1 saturated carbocycles. The molecule has 0 bridgehead atoms. The number of ether oxygens (including phenoxy) is 1. The van der Waals surface area contributed by atoms with E-state index in [0.29, 0.717) is 6.10 Å². The largest absolute Gasteiger partial charge is 0.378 e. The summed E-state index contributed by atoms with van der Waals surface area (Å²) in [6.45, 7) is 7.57. The Kier molecular flexibility index (Phi) is 5.26. The maximum Gasteiger partial charge on any atom is 0.0599 e. The normalized spacial score (nSPS) is 32.1. The van der Waals surface area contributed by atoms with Crippen LogP contribution in [0.5, 0.6) is 0 Å². The van der Waals surface area contributed by atoms with Gasteiger partial charge < -0.3 is 15.4 Å². The second-order valence-corrected chi connectivity index (χ2v) is 5.64. The van der Waals surface area contributed by atoms with Crippen LogP contribution in [0.2, 0.25) is 0 Å². The van der Waals surface area contributed by atoms with Gasteiger partial charge in [0.05, 0.1) is 6.10 Å². The number of rotatable bonds is 5. The molecule has 2 atom stereocenters. The van der Waals surface area contributed by atoms with Gasteiger partial charge in [0.15, 0.2) is 0 Å². The van der Waals surface area contributed by atoms with Crippen LogP contribution in [-0.2, 0) is 4.74 Å². The van der Waals surface area contributed by atoms with E-state index < -0.39 is 0 Å². The van der Waals surface area contributed by atoms with E-state index in [0.717, 1.165) is 25.0 Å². The van der Waals surface area contributed by atoms with Gasteiger partial charge in [-0.3, -0.25) is 0 Å². The molecule has 0 aromatic rings. The number of hydrogen-bond donors (Lipinski definition) is 1. The molecular weight excluding hydrogens is 212 g/mol. The van der Waals surface area contributed by atoms with Gasteiger partial charge in [-0.2, -0.15) is 0 Å². The van der Waals surface area contributed by atoms with Crippen LogP contribution in [0, 0.1) is 11.8 Å². The maximum atomic E-state index is 5.85. The molecular formula is C14H28N2O. The van der Waals surface area contributed by atoms with Gasteiger partial charge in [-0.15, -0.1) is 0 Å². The third-order valence-corrected chi connectivity index (χ3v) is 4.55. The van der Waals surface area contributed by atoms with Gasteiger partial charge in [0.2, 0.25) is 0 Å². The van der Waals surface area contributed by atoms with Crippen LogP contribution in [0.25, 0.3) is 0 Å². The molecule has 2 unspecified atom stereocenters. The van der Waals surface area contributed by atoms with E-state index in [1.54, 1.807) is 0 Å². The Morgan fingerprint density at radius 3 is 2.47 bits per heavy atom. The molecule has 2 rings (SSSR count). The number of nitrogens with two attached hydrogens (primary N) is 1. The number of likely N-dealkylation sites (tertiary alicyclic amines) is 1. The summed E-state index contributed by atoms with van der Waals surface area (Å²) in [5.41, 5.74) is 5.85. The van der Waals surface area contributed by atoms with E-state index in [-0.39, 0.29) is 0 Å². The van der Waals surface area contributed by atoms with Crippen LogP contribution in [0.15, 0.2) is 0 Å². The van der Waals surface area contributed by atoms with Crippen LogP contribution in [0.4, 0.5) is 0 Å². The maximum absolute atomic E-state index is 5.85. The minimum atomic E-state index is 0.519. The lowest BCUT2D eigenvalue weighted by Crippen LogP contribution is -2.40. The van der Waals surface area contributed by atoms with Gasteiger partial charge in [0.1, 0.15) is 0 Å². The summed E-state index contributed by atoms with van der Waals surface area (Å²) < 4.78 is 5.70. The number of piperidine rings is 1. The second-order valence-electron chi connectivity index (χ2n) is 5.64. The molecule has 2 aliphatic rings. The molecule has 2 N–H and O–H groups in total. The molecule has 0 spiro atoms. The molecule has 17 heavy (non-hydrogen) atoms. The van der Waals surface area contributed by atoms with Crippen molar-refractivity contribution in [1.29, 1.82) is 0 Å². The van der Waals surface area contributed by atoms with Gasteiger partial charge in [0.25, 0.3) is 0 Å². The lowest BCUT2D eigenvalue weighted by molar-refractivity contribution is 0.00989. The van der Waals surface area contributed by atoms with E-state index >= 15 is 0 Å². The highest BCUT2D eigenvalue weighted by atomic mass is 16.5. The Bertz CT molecular complexity index is 214. The van der Waals surface area contributed by atoms with Crippen molar-refractivity contribution >= 4 is 0 Å². The molecule has 0 aromatic carbocycles. The van der Waals surface area contributed by atoms with Gasteiger partial charge in [-0.25, -0.2) is 0 Å². The highest BCUT2D eigenvalue weighted by Crippen LogP contribution is 2.32. The van der Waals surface area contributed by atoms with Crippen molar-refractivity contribution in [2.75, 3.05) is 32.8 Å². The molecule has 3 nitrogen and oxygen atoms in total. The quantitative estimate of drug-likeness (QED) is 0.797. The number of hydrogen-bond acceptors (Lipinski definition) is 3. The monoisotopic (exact) mass is 240 g/mol. The zero-order chi connectivity index (χ0) is 12.1. The highest BCUT2D eigenvalue weighted by Gasteiger charge is 2.29. The predicted octanol–water partition coefficient (Wildman–Crippen LogP) is 1.86. The Balaban J connectivity index is 1.70. The van der Waals surface area contributed by atoms with Crippen LogP contribution in [0.1, 0.15) is 39.0 Å². The van der Waals surface area contributed by atoms with E-state index in [9.17, 15) is 0 Å². The van der Waals surface area contributed by atoms with Gasteiger partial charge >= 0.3 is 0 Å². The van der Waals surface area contributed by atoms with Crippen molar-refractivity contribution in [2.24, 2.45) is 17.6 Å². The lowest BCUT2D eigenvalue weighted by Gasteiger charge is -2.34. The molecule has 100 valence electrons. The summed E-state index contributed by atoms with van der Waals surface area (Å²) in [6, 6.07) is 0. The summed E-state index contributed by atoms with van der Waals surface area (Å²) in [7, 11) is 0. The van der Waals surface area contributed by atoms with Gasteiger partial charge in [0, 0.05) is 26.2 Å². The molecule has 1 heterocycles. The summed E-state index contributed by atoms with van der Waals surface area (Å²) in [5, 5.41) is 0. The Morgan fingerprint density at radius 2 is 1.82 bits per heavy atom. The second kappa shape index (κ2) is 6.72. The Labute approximate surface area is 106 Å². The Hall–Kier alpha value is -0.120. The average molecular weight is 240 g/mol. The van der Waals surface area contributed by atoms with E-state index in [1.807, 2.05) is 0 Å². The van der Waals surface area contributed by atoms with Gasteiger partial charge in [-0.1, -0.05) is 6.42 Å². The zero-order valence-electron chi connectivity index (χ0n) is 11.2. The van der Waals surface area contributed by atoms with Crippen LogP contribution in [-0.4, -0.2) is 43.8 Å². The summed E-state index contributed by atoms with van der Waals surface area (Å²) in [4.78, 5) is 2.63. The smallest absolute Gasteiger partial charge is 0.0599 e. The first kappa shape index (κ1) is 13.3. The summed E-state index contributed by atoms with van der Waals surface area (Å²) in [6.07, 6.45) is 7.10. The topological polar surface area (TPSA) is 38.5 Å². The van der Waals surface area contributed by atoms with E-state index in [4.69, 9.17) is 10.5 Å². The van der Waals surface area contributed by atoms with Crippen molar-refractivity contribution in [3.05, 3.63) is 0 Å². The molecule has 1 aliphatic heterocycles. The van der Waals surface area contributed by atoms with Crippen molar-refractivity contribution in [3.63, 3.8) is 0 Å².